The van der Waals surface area contributed by atoms with E-state index in [9.17, 15) is 68.9 Å². The number of nitrogens with zero attached hydrogens (tertiary/aromatic N) is 2. The van der Waals surface area contributed by atoms with Crippen LogP contribution < -0.4 is 11.5 Å². The number of likely N-dealkylation sites (N-methyl/N-ethyl adjacent to an activating group) is 2. The third kappa shape index (κ3) is 5.65. The van der Waals surface area contributed by atoms with E-state index < -0.39 is 122 Å². The van der Waals surface area contributed by atoms with E-state index in [1.807, 2.05) is 0 Å². The second-order valence-electron chi connectivity index (χ2n) is 16.5. The van der Waals surface area contributed by atoms with Crippen LogP contribution in [0.25, 0.3) is 11.5 Å². The largest absolute Gasteiger partial charge is 0.508 e. The van der Waals surface area contributed by atoms with Crippen LogP contribution in [0.15, 0.2) is 70.2 Å². The van der Waals surface area contributed by atoms with Gasteiger partial charge in [-0.1, -0.05) is 24.3 Å². The van der Waals surface area contributed by atoms with Crippen LogP contribution in [-0.4, -0.2) is 132 Å². The number of nitrogens with two attached hydrogens (primary N) is 2. The molecule has 2 fully saturated rings. The van der Waals surface area contributed by atoms with Crippen molar-refractivity contribution in [2.45, 2.75) is 49.0 Å². The van der Waals surface area contributed by atoms with Gasteiger partial charge in [-0.05, 0) is 89.0 Å². The van der Waals surface area contributed by atoms with Crippen molar-refractivity contribution in [1.82, 2.24) is 9.80 Å². The number of carbonyl (C=O) groups is 6. The number of carbonyl (C=O) groups excluding carboxylic acids is 6. The zero-order valence-corrected chi connectivity index (χ0v) is 32.8. The summed E-state index contributed by atoms with van der Waals surface area (Å²) in [6.45, 7) is 0. The molecule has 8 atom stereocenters. The Kier molecular flexibility index (Phi) is 9.94. The van der Waals surface area contributed by atoms with E-state index in [1.54, 1.807) is 26.2 Å². The van der Waals surface area contributed by atoms with E-state index in [-0.39, 0.29) is 52.8 Å². The molecule has 0 aliphatic heterocycles. The van der Waals surface area contributed by atoms with Gasteiger partial charge in [0.05, 0.1) is 17.6 Å². The number of phenols is 1. The lowest BCUT2D eigenvalue weighted by Crippen LogP contribution is -2.65. The average molecular weight is 831 g/mol. The van der Waals surface area contributed by atoms with Crippen molar-refractivity contribution in [2.24, 2.45) is 35.1 Å². The number of fused-ring (bicyclic) bond motifs is 6. The molecule has 6 aliphatic rings. The van der Waals surface area contributed by atoms with Crippen LogP contribution in [0.4, 0.5) is 4.39 Å². The molecule has 11 N–H and O–H groups in total. The summed E-state index contributed by atoms with van der Waals surface area (Å²) in [7, 11) is 6.19. The van der Waals surface area contributed by atoms with Crippen molar-refractivity contribution in [1.29, 1.82) is 0 Å². The zero-order valence-electron chi connectivity index (χ0n) is 32.8. The predicted molar refractivity (Wildman–Crippen MR) is 207 cm³/mol. The predicted octanol–water partition coefficient (Wildman–Crippen LogP) is 0.362. The Labute approximate surface area is 341 Å². The first-order chi connectivity index (χ1) is 28.0. The second-order valence-corrected chi connectivity index (χ2v) is 16.5. The number of aliphatic hydroxyl groups is 6. The Bertz CT molecular complexity index is 2480. The number of Topliss-reactive ketones (excluding diaryl/α,β-unsaturated/α-hetero) is 4. The average Bonchev–Trinajstić information content (AvgIpc) is 3.15. The summed E-state index contributed by atoms with van der Waals surface area (Å²) >= 11 is 0. The molecule has 0 saturated heterocycles. The molecule has 0 unspecified atom stereocenters. The molecule has 0 spiro atoms. The maximum atomic E-state index is 14.3. The Morgan fingerprint density at radius 3 is 1.60 bits per heavy atom. The van der Waals surface area contributed by atoms with Crippen molar-refractivity contribution < 1.29 is 68.9 Å². The SMILES string of the molecule is CN(C)[C@@H]1C(=O)C(C(N)=O)=C(O)[C@@]2(O)C(=O)C3=C(O)c4c(O)cccc4C[C@H]3C[C@@H]12.CN(C)[C@@H]1C(=O)C(C(N)=O)=C(O)[C@@]2(O)C(=O)C3=C(O)c4cccc(F)c4C[C@H]3C[C@@H]12. The van der Waals surface area contributed by atoms with E-state index in [0.29, 0.717) is 12.0 Å². The zero-order chi connectivity index (χ0) is 44.2. The number of primary amides is 2. The molecule has 8 rings (SSSR count). The molecule has 2 saturated carbocycles. The van der Waals surface area contributed by atoms with Crippen molar-refractivity contribution >= 4 is 46.5 Å². The number of aliphatic hydroxyl groups excluding tert-OH is 4. The minimum atomic E-state index is -2.61. The van der Waals surface area contributed by atoms with Crippen LogP contribution >= 0.6 is 0 Å². The number of halogens is 1. The Hall–Kier alpha value is -6.21. The lowest BCUT2D eigenvalue weighted by Gasteiger charge is -2.50. The molecule has 2 aromatic carbocycles. The van der Waals surface area contributed by atoms with Gasteiger partial charge in [0.1, 0.15) is 45.7 Å². The molecule has 0 radical (unpaired) electrons. The number of aromatic hydroxyl groups is 1. The fourth-order valence-corrected chi connectivity index (χ4v) is 10.3. The molecule has 60 heavy (non-hydrogen) atoms. The minimum absolute atomic E-state index is 0.0000954. The monoisotopic (exact) mass is 830 g/mol. The summed E-state index contributed by atoms with van der Waals surface area (Å²) in [5.41, 5.74) is 4.43. The van der Waals surface area contributed by atoms with E-state index >= 15 is 0 Å². The molecule has 6 aliphatic carbocycles. The topological polar surface area (TPSA) is 303 Å². The molecule has 17 nitrogen and oxygen atoms in total. The molecular weight excluding hydrogens is 787 g/mol. The van der Waals surface area contributed by atoms with E-state index in [2.05, 4.69) is 0 Å². The van der Waals surface area contributed by atoms with Gasteiger partial charge in [0.2, 0.25) is 11.6 Å². The summed E-state index contributed by atoms with van der Waals surface area (Å²) in [5.74, 6) is -13.4. The van der Waals surface area contributed by atoms with E-state index in [0.717, 1.165) is 0 Å². The highest BCUT2D eigenvalue weighted by Crippen LogP contribution is 2.54. The highest BCUT2D eigenvalue weighted by atomic mass is 19.1. The van der Waals surface area contributed by atoms with Crippen LogP contribution in [0.1, 0.15) is 35.1 Å². The summed E-state index contributed by atoms with van der Waals surface area (Å²) in [4.78, 5) is 79.4. The summed E-state index contributed by atoms with van der Waals surface area (Å²) in [6, 6.07) is 6.59. The molecule has 0 heterocycles. The number of hydrogen-bond donors (Lipinski definition) is 9. The first-order valence-electron chi connectivity index (χ1n) is 18.9. The molecule has 2 amide bonds. The molecular formula is C42H43FN4O13. The van der Waals surface area contributed by atoms with Crippen molar-refractivity contribution in [3.63, 3.8) is 0 Å². The van der Waals surface area contributed by atoms with Crippen molar-refractivity contribution in [3.05, 3.63) is 98.3 Å². The fourth-order valence-electron chi connectivity index (χ4n) is 10.3. The highest BCUT2D eigenvalue weighted by Gasteiger charge is 2.65. The van der Waals surface area contributed by atoms with E-state index in [1.165, 1.54) is 48.2 Å². The molecule has 316 valence electrons. The van der Waals surface area contributed by atoms with Gasteiger partial charge in [0.25, 0.3) is 11.8 Å². The van der Waals surface area contributed by atoms with Crippen LogP contribution in [0, 0.1) is 29.5 Å². The van der Waals surface area contributed by atoms with Crippen molar-refractivity contribution in [3.8, 4) is 5.75 Å². The summed E-state index contributed by atoms with van der Waals surface area (Å²) in [6.07, 6.45) is 0.464. The van der Waals surface area contributed by atoms with Crippen LogP contribution in [0.3, 0.4) is 0 Å². The Morgan fingerprint density at radius 1 is 0.683 bits per heavy atom. The Balaban J connectivity index is 0.000000181. The van der Waals surface area contributed by atoms with Crippen LogP contribution in [-0.2, 0) is 41.6 Å². The fraction of sp³-hybridized carbons (Fsp3) is 0.381. The molecule has 0 bridgehead atoms. The number of rotatable bonds is 4. The first kappa shape index (κ1) is 41.9. The number of ketones is 4. The van der Waals surface area contributed by atoms with Gasteiger partial charge in [-0.15, -0.1) is 0 Å². The Morgan fingerprint density at radius 2 is 1.13 bits per heavy atom. The third-order valence-corrected chi connectivity index (χ3v) is 12.9. The van der Waals surface area contributed by atoms with Gasteiger partial charge in [-0.3, -0.25) is 38.6 Å². The van der Waals surface area contributed by atoms with Gasteiger partial charge < -0.3 is 47.2 Å². The summed E-state index contributed by atoms with van der Waals surface area (Å²) < 4.78 is 14.3. The first-order valence-corrected chi connectivity index (χ1v) is 18.9. The number of phenolic OH excluding ortho intramolecular Hbond substituents is 1. The van der Waals surface area contributed by atoms with Gasteiger partial charge >= 0.3 is 0 Å². The van der Waals surface area contributed by atoms with Gasteiger partial charge in [-0.25, -0.2) is 4.39 Å². The molecule has 2 aromatic rings. The minimum Gasteiger partial charge on any atom is -0.508 e. The quantitative estimate of drug-likeness (QED) is 0.188. The molecule has 0 aromatic heterocycles. The standard InChI is InChI=1S/C21H21FN2O6.C21H22N2O7/c1-24(2)15-11-7-8-6-10-9(4-3-5-12(10)22)16(25)13(8)18(27)21(11,30)19(28)14(17(15)26)20(23)29;1-23(2)15-10-7-9-6-8-4-3-5-11(24)12(8)16(25)13(9)18(27)21(10,30)19(28)14(17(15)26)20(22)29/h3-5,8,11,15,25,28,30H,6-7H2,1-2H3,(H2,23,29);3-5,9-10,15,24-25,28,30H,6-7H2,1-2H3,(H2,22,29)/t8-,11-,15-,21-;9-,10-,15-,21-/m00/s1. The van der Waals surface area contributed by atoms with Gasteiger partial charge in [-0.2, -0.15) is 0 Å². The number of amides is 2. The third-order valence-electron chi connectivity index (χ3n) is 12.9. The summed E-state index contributed by atoms with van der Waals surface area (Å²) in [5, 5.41) is 75.9. The van der Waals surface area contributed by atoms with Gasteiger partial charge in [0, 0.05) is 28.5 Å². The molecule has 18 heteroatoms. The van der Waals surface area contributed by atoms with Crippen molar-refractivity contribution in [2.75, 3.05) is 28.2 Å². The highest BCUT2D eigenvalue weighted by molar-refractivity contribution is 6.25. The van der Waals surface area contributed by atoms with Gasteiger partial charge in [0.15, 0.2) is 22.8 Å². The normalized spacial score (nSPS) is 30.9. The van der Waals surface area contributed by atoms with E-state index in [4.69, 9.17) is 11.5 Å². The second kappa shape index (κ2) is 14.2. The lowest BCUT2D eigenvalue weighted by atomic mass is 9.57. The number of benzene rings is 2. The maximum Gasteiger partial charge on any atom is 0.255 e. The lowest BCUT2D eigenvalue weighted by molar-refractivity contribution is -0.155. The smallest absolute Gasteiger partial charge is 0.255 e. The maximum absolute atomic E-state index is 14.3. The van der Waals surface area contributed by atoms with Crippen LogP contribution in [0.2, 0.25) is 0 Å². The number of hydrogen-bond acceptors (Lipinski definition) is 15. The van der Waals surface area contributed by atoms with Crippen LogP contribution in [0.5, 0.6) is 5.75 Å².